The summed E-state index contributed by atoms with van der Waals surface area (Å²) in [6, 6.07) is 12.6. The van der Waals surface area contributed by atoms with Crippen molar-refractivity contribution in [2.24, 2.45) is 10.9 Å². The fraction of sp³-hybridized carbons (Fsp3) is 0.452. The minimum absolute atomic E-state index is 0.0360. The van der Waals surface area contributed by atoms with Crippen LogP contribution < -0.4 is 9.47 Å². The lowest BCUT2D eigenvalue weighted by Gasteiger charge is -2.37. The minimum atomic E-state index is -0.709. The van der Waals surface area contributed by atoms with E-state index >= 15 is 0 Å². The van der Waals surface area contributed by atoms with Crippen molar-refractivity contribution in [1.29, 1.82) is 0 Å². The number of allylic oxidation sites excluding steroid dienone is 2. The fourth-order valence-electron chi connectivity index (χ4n) is 6.21. The van der Waals surface area contributed by atoms with Crippen molar-refractivity contribution in [1.82, 2.24) is 0 Å². The Hall–Kier alpha value is -3.61. The van der Waals surface area contributed by atoms with Crippen LogP contribution in [0.2, 0.25) is 0 Å². The number of nitrogens with zero attached hydrogens (tertiary/aromatic N) is 1. The molecule has 1 N–H and O–H groups in total. The Kier molecular flexibility index (Phi) is 7.54. The van der Waals surface area contributed by atoms with Gasteiger partial charge < -0.3 is 19.3 Å². The Labute approximate surface area is 223 Å². The Morgan fingerprint density at radius 2 is 1.71 bits per heavy atom. The first-order valence-electron chi connectivity index (χ1n) is 13.4. The number of aliphatic imine (C=N–C) groups is 1. The molecule has 7 nitrogen and oxygen atoms in total. The molecule has 1 aliphatic heterocycles. The SMILES string of the molecule is COc1ccc([C@@H]2CC(=O)C3=C(C2)N=C(C)C(C(=O)OC2CCCCC2)[C@H]3c2cccc(O)c2)cc1OC. The molecule has 1 fully saturated rings. The second kappa shape index (κ2) is 11.0. The molecule has 0 amide bonds. The van der Waals surface area contributed by atoms with Crippen molar-refractivity contribution < 1.29 is 28.9 Å². The number of carbonyl (C=O) groups excluding carboxylic acids is 2. The predicted molar refractivity (Wildman–Crippen MR) is 144 cm³/mol. The minimum Gasteiger partial charge on any atom is -0.508 e. The highest BCUT2D eigenvalue weighted by Gasteiger charge is 2.45. The van der Waals surface area contributed by atoms with Crippen molar-refractivity contribution in [2.45, 2.75) is 69.8 Å². The Balaban J connectivity index is 1.51. The maximum Gasteiger partial charge on any atom is 0.315 e. The molecule has 0 spiro atoms. The van der Waals surface area contributed by atoms with E-state index in [0.717, 1.165) is 43.2 Å². The zero-order valence-corrected chi connectivity index (χ0v) is 22.2. The molecule has 2 aliphatic carbocycles. The van der Waals surface area contributed by atoms with Crippen molar-refractivity contribution in [3.63, 3.8) is 0 Å². The van der Waals surface area contributed by atoms with Crippen molar-refractivity contribution in [2.75, 3.05) is 14.2 Å². The molecular weight excluding hydrogens is 482 g/mol. The molecule has 38 heavy (non-hydrogen) atoms. The number of rotatable bonds is 6. The summed E-state index contributed by atoms with van der Waals surface area (Å²) >= 11 is 0. The topological polar surface area (TPSA) is 94.4 Å². The highest BCUT2D eigenvalue weighted by Crippen LogP contribution is 2.48. The number of benzene rings is 2. The van der Waals surface area contributed by atoms with Crippen LogP contribution in [0.3, 0.4) is 0 Å². The Morgan fingerprint density at radius 3 is 2.42 bits per heavy atom. The van der Waals surface area contributed by atoms with E-state index in [1.54, 1.807) is 32.4 Å². The van der Waals surface area contributed by atoms with Crippen molar-refractivity contribution >= 4 is 17.5 Å². The van der Waals surface area contributed by atoms with Gasteiger partial charge in [0.2, 0.25) is 0 Å². The van der Waals surface area contributed by atoms with E-state index in [1.807, 2.05) is 31.2 Å². The first-order chi connectivity index (χ1) is 18.4. The number of hydrogen-bond donors (Lipinski definition) is 1. The van der Waals surface area contributed by atoms with E-state index in [9.17, 15) is 14.7 Å². The van der Waals surface area contributed by atoms with Crippen LogP contribution in [0, 0.1) is 5.92 Å². The zero-order chi connectivity index (χ0) is 26.8. The first kappa shape index (κ1) is 26.0. The second-order valence-electron chi connectivity index (χ2n) is 10.5. The molecule has 0 bridgehead atoms. The van der Waals surface area contributed by atoms with E-state index in [2.05, 4.69) is 0 Å². The number of ether oxygens (including phenoxy) is 3. The number of carbonyl (C=O) groups is 2. The van der Waals surface area contributed by atoms with Crippen molar-refractivity contribution in [3.8, 4) is 17.2 Å². The third-order valence-corrected chi connectivity index (χ3v) is 8.09. The van der Waals surface area contributed by atoms with Gasteiger partial charge in [-0.3, -0.25) is 14.6 Å². The monoisotopic (exact) mass is 517 g/mol. The van der Waals surface area contributed by atoms with Gasteiger partial charge in [0, 0.05) is 29.3 Å². The molecule has 200 valence electrons. The molecule has 0 radical (unpaired) electrons. The van der Waals surface area contributed by atoms with Gasteiger partial charge >= 0.3 is 5.97 Å². The molecule has 1 saturated carbocycles. The van der Waals surface area contributed by atoms with Crippen LogP contribution in [0.5, 0.6) is 17.2 Å². The number of Topliss-reactive ketones (excluding diaryl/α,β-unsaturated/α-hetero) is 1. The third-order valence-electron chi connectivity index (χ3n) is 8.09. The lowest BCUT2D eigenvalue weighted by Crippen LogP contribution is -2.39. The number of ketones is 1. The van der Waals surface area contributed by atoms with Gasteiger partial charge in [0.1, 0.15) is 17.8 Å². The van der Waals surface area contributed by atoms with Gasteiger partial charge in [-0.05, 0) is 80.3 Å². The van der Waals surface area contributed by atoms with E-state index in [1.165, 1.54) is 0 Å². The molecular formula is C31H35NO6. The molecule has 0 saturated heterocycles. The summed E-state index contributed by atoms with van der Waals surface area (Å²) in [6.45, 7) is 1.84. The molecule has 7 heteroatoms. The van der Waals surface area contributed by atoms with Gasteiger partial charge in [-0.2, -0.15) is 0 Å². The second-order valence-corrected chi connectivity index (χ2v) is 10.5. The largest absolute Gasteiger partial charge is 0.508 e. The maximum atomic E-state index is 13.8. The number of esters is 1. The summed E-state index contributed by atoms with van der Waals surface area (Å²) in [5.41, 5.74) is 3.59. The van der Waals surface area contributed by atoms with Crippen LogP contribution in [-0.2, 0) is 14.3 Å². The van der Waals surface area contributed by atoms with E-state index in [4.69, 9.17) is 19.2 Å². The van der Waals surface area contributed by atoms with Crippen LogP contribution in [0.15, 0.2) is 58.7 Å². The normalized spacial score (nSPS) is 23.9. The number of methoxy groups -OCH3 is 2. The number of phenolic OH excluding ortho intramolecular Hbond substituents is 1. The van der Waals surface area contributed by atoms with Crippen LogP contribution in [0.4, 0.5) is 0 Å². The third kappa shape index (κ3) is 5.06. The zero-order valence-electron chi connectivity index (χ0n) is 22.2. The summed E-state index contributed by atoms with van der Waals surface area (Å²) < 4.78 is 16.9. The molecule has 2 aromatic rings. The lowest BCUT2D eigenvalue weighted by atomic mass is 9.69. The number of phenols is 1. The summed E-state index contributed by atoms with van der Waals surface area (Å²) in [6.07, 6.45) is 5.76. The Morgan fingerprint density at radius 1 is 0.947 bits per heavy atom. The molecule has 5 rings (SSSR count). The van der Waals surface area contributed by atoms with Crippen LogP contribution in [-0.4, -0.2) is 42.9 Å². The van der Waals surface area contributed by atoms with Gasteiger partial charge in [0.05, 0.1) is 14.2 Å². The molecule has 3 aliphatic rings. The molecule has 3 atom stereocenters. The Bertz CT molecular complexity index is 1290. The fourth-order valence-corrected chi connectivity index (χ4v) is 6.21. The van der Waals surface area contributed by atoms with Crippen LogP contribution >= 0.6 is 0 Å². The van der Waals surface area contributed by atoms with E-state index < -0.39 is 11.8 Å². The molecule has 1 unspecified atom stereocenters. The summed E-state index contributed by atoms with van der Waals surface area (Å²) in [5.74, 6) is -0.372. The predicted octanol–water partition coefficient (Wildman–Crippen LogP) is 5.86. The smallest absolute Gasteiger partial charge is 0.315 e. The summed E-state index contributed by atoms with van der Waals surface area (Å²) in [4.78, 5) is 32.3. The van der Waals surface area contributed by atoms with Gasteiger partial charge in [-0.15, -0.1) is 0 Å². The quantitative estimate of drug-likeness (QED) is 0.482. The van der Waals surface area contributed by atoms with Gasteiger partial charge in [-0.25, -0.2) is 0 Å². The van der Waals surface area contributed by atoms with Crippen LogP contribution in [0.25, 0.3) is 0 Å². The highest BCUT2D eigenvalue weighted by atomic mass is 16.5. The summed E-state index contributed by atoms with van der Waals surface area (Å²) in [7, 11) is 3.19. The standard InChI is InChI=1S/C31H35NO6/c1-18-28(31(35)38-23-10-5-4-6-11-23)29(20-8-7-9-22(33)14-20)30-24(32-18)15-21(16-25(30)34)19-12-13-26(36-2)27(17-19)37-3/h7-9,12-14,17,21,23,28-29,33H,4-6,10-11,15-16H2,1-3H3/t21-,28?,29+/m0/s1. The molecule has 1 heterocycles. The van der Waals surface area contributed by atoms with Gasteiger partial charge in [0.15, 0.2) is 17.3 Å². The lowest BCUT2D eigenvalue weighted by molar-refractivity contribution is -0.153. The van der Waals surface area contributed by atoms with Crippen LogP contribution in [0.1, 0.15) is 74.8 Å². The first-order valence-corrected chi connectivity index (χ1v) is 13.4. The molecule has 0 aromatic heterocycles. The van der Waals surface area contributed by atoms with Crippen molar-refractivity contribution in [3.05, 3.63) is 64.9 Å². The maximum absolute atomic E-state index is 13.8. The average molecular weight is 518 g/mol. The summed E-state index contributed by atoms with van der Waals surface area (Å²) in [5, 5.41) is 10.3. The molecule has 2 aromatic carbocycles. The number of aromatic hydroxyl groups is 1. The average Bonchev–Trinajstić information content (AvgIpc) is 2.92. The van der Waals surface area contributed by atoms with E-state index in [0.29, 0.717) is 41.3 Å². The number of hydrogen-bond acceptors (Lipinski definition) is 7. The van der Waals surface area contributed by atoms with E-state index in [-0.39, 0.29) is 29.5 Å². The highest BCUT2D eigenvalue weighted by molar-refractivity contribution is 6.09. The van der Waals surface area contributed by atoms with Gasteiger partial charge in [0.25, 0.3) is 0 Å². The van der Waals surface area contributed by atoms with Gasteiger partial charge in [-0.1, -0.05) is 24.6 Å².